The van der Waals surface area contributed by atoms with E-state index in [0.29, 0.717) is 0 Å². The third-order valence-electron chi connectivity index (χ3n) is 10.8. The second-order valence-electron chi connectivity index (χ2n) is 14.3. The van der Waals surface area contributed by atoms with Crippen molar-refractivity contribution >= 4 is 44.9 Å². The first kappa shape index (κ1) is 28.6. The quantitative estimate of drug-likeness (QED) is 0.194. The van der Waals surface area contributed by atoms with E-state index < -0.39 is 0 Å². The number of rotatable bonds is 4. The van der Waals surface area contributed by atoms with Gasteiger partial charge in [-0.15, -0.1) is 0 Å². The van der Waals surface area contributed by atoms with Crippen LogP contribution >= 0.6 is 0 Å². The van der Waals surface area contributed by atoms with E-state index in [1.54, 1.807) is 0 Å². The van der Waals surface area contributed by atoms with Gasteiger partial charge in [0.2, 0.25) is 0 Å². The van der Waals surface area contributed by atoms with Crippen molar-refractivity contribution < 1.29 is 0 Å². The summed E-state index contributed by atoms with van der Waals surface area (Å²) in [6.45, 7) is 9.51. The number of hydrogen-bond donors (Lipinski definition) is 0. The molecule has 7 aromatic rings. The Morgan fingerprint density at radius 2 is 0.958 bits per heavy atom. The number of fused-ring (bicyclic) bond motifs is 5. The van der Waals surface area contributed by atoms with Gasteiger partial charge in [-0.1, -0.05) is 131 Å². The molecule has 0 aromatic heterocycles. The summed E-state index contributed by atoms with van der Waals surface area (Å²) in [6.07, 6.45) is 0. The lowest BCUT2D eigenvalue weighted by molar-refractivity contribution is 0.597. The van der Waals surface area contributed by atoms with Gasteiger partial charge in [0.25, 0.3) is 0 Å². The van der Waals surface area contributed by atoms with Gasteiger partial charge in [0, 0.05) is 27.9 Å². The summed E-state index contributed by atoms with van der Waals surface area (Å²) < 4.78 is 0. The van der Waals surface area contributed by atoms with Crippen LogP contribution in [0.3, 0.4) is 0 Å². The molecule has 0 fully saturated rings. The van der Waals surface area contributed by atoms with Gasteiger partial charge < -0.3 is 9.80 Å². The maximum Gasteiger partial charge on any atom is 0.0543 e. The smallest absolute Gasteiger partial charge is 0.0543 e. The molecule has 0 N–H and O–H groups in total. The molecule has 0 radical (unpaired) electrons. The molecule has 0 atom stereocenters. The topological polar surface area (TPSA) is 6.48 Å². The molecule has 0 saturated carbocycles. The third-order valence-corrected chi connectivity index (χ3v) is 10.8. The van der Waals surface area contributed by atoms with Gasteiger partial charge in [-0.25, -0.2) is 0 Å². The van der Waals surface area contributed by atoms with Gasteiger partial charge in [-0.05, 0) is 98.8 Å². The van der Waals surface area contributed by atoms with Gasteiger partial charge in [0.15, 0.2) is 0 Å². The minimum Gasteiger partial charge on any atom is -0.310 e. The predicted octanol–water partition coefficient (Wildman–Crippen LogP) is 12.7. The van der Waals surface area contributed by atoms with Crippen molar-refractivity contribution in [2.24, 2.45) is 0 Å². The zero-order chi connectivity index (χ0) is 32.6. The molecule has 2 heterocycles. The molecule has 2 aliphatic rings. The highest BCUT2D eigenvalue weighted by molar-refractivity contribution is 5.94. The Labute approximate surface area is 283 Å². The SMILES string of the molecule is CC1(C)c2ccccc2N2c3ccc(-c4ccc(N(c5ccccc5)c5ccc6ccccc6c5)cc4)cc3C(C)(C)c3cccc1c32. The fraction of sp³-hybridized carbons (Fsp3) is 0.130. The van der Waals surface area contributed by atoms with E-state index in [1.807, 2.05) is 0 Å². The zero-order valence-electron chi connectivity index (χ0n) is 27.9. The molecule has 0 amide bonds. The molecule has 232 valence electrons. The molecule has 0 spiro atoms. The Bertz CT molecular complexity index is 2350. The van der Waals surface area contributed by atoms with Gasteiger partial charge in [0.1, 0.15) is 0 Å². The molecular formula is C46H38N2. The van der Waals surface area contributed by atoms with Gasteiger partial charge in [0.05, 0.1) is 17.1 Å². The molecule has 0 aliphatic carbocycles. The normalized spacial score (nSPS) is 15.0. The van der Waals surface area contributed by atoms with Crippen molar-refractivity contribution in [2.45, 2.75) is 38.5 Å². The van der Waals surface area contributed by atoms with Crippen LogP contribution in [0.15, 0.2) is 158 Å². The van der Waals surface area contributed by atoms with Crippen LogP contribution in [0.1, 0.15) is 49.9 Å². The summed E-state index contributed by atoms with van der Waals surface area (Å²) in [5, 5.41) is 2.48. The van der Waals surface area contributed by atoms with Crippen molar-refractivity contribution in [1.29, 1.82) is 0 Å². The Hall–Kier alpha value is -5.60. The minimum absolute atomic E-state index is 0.0752. The summed E-state index contributed by atoms with van der Waals surface area (Å²) in [4.78, 5) is 4.87. The Morgan fingerprint density at radius 1 is 0.396 bits per heavy atom. The number of benzene rings is 7. The molecule has 48 heavy (non-hydrogen) atoms. The summed E-state index contributed by atoms with van der Waals surface area (Å²) in [6, 6.07) is 57.9. The van der Waals surface area contributed by atoms with E-state index in [4.69, 9.17) is 0 Å². The number of hydrogen-bond acceptors (Lipinski definition) is 2. The maximum atomic E-state index is 2.53. The Balaban J connectivity index is 1.14. The van der Waals surface area contributed by atoms with E-state index >= 15 is 0 Å². The first-order valence-corrected chi connectivity index (χ1v) is 16.9. The summed E-state index contributed by atoms with van der Waals surface area (Å²) in [5.74, 6) is 0. The highest BCUT2D eigenvalue weighted by atomic mass is 15.2. The van der Waals surface area contributed by atoms with Crippen molar-refractivity contribution in [1.82, 2.24) is 0 Å². The lowest BCUT2D eigenvalue weighted by Gasteiger charge is -2.49. The van der Waals surface area contributed by atoms with E-state index in [9.17, 15) is 0 Å². The van der Waals surface area contributed by atoms with Gasteiger partial charge in [-0.2, -0.15) is 0 Å². The van der Waals surface area contributed by atoms with Crippen molar-refractivity contribution in [3.8, 4) is 11.1 Å². The monoisotopic (exact) mass is 618 g/mol. The van der Waals surface area contributed by atoms with Gasteiger partial charge >= 0.3 is 0 Å². The van der Waals surface area contributed by atoms with Crippen LogP contribution in [0.25, 0.3) is 21.9 Å². The molecule has 2 heteroatoms. The van der Waals surface area contributed by atoms with Crippen molar-refractivity contribution in [2.75, 3.05) is 9.80 Å². The number of nitrogens with zero attached hydrogens (tertiary/aromatic N) is 2. The van der Waals surface area contributed by atoms with Crippen LogP contribution in [-0.2, 0) is 10.8 Å². The van der Waals surface area contributed by atoms with Crippen LogP contribution in [-0.4, -0.2) is 0 Å². The van der Waals surface area contributed by atoms with E-state index in [1.165, 1.54) is 61.2 Å². The molecule has 0 bridgehead atoms. The molecular weight excluding hydrogens is 581 g/mol. The van der Waals surface area contributed by atoms with Crippen LogP contribution in [0.4, 0.5) is 34.1 Å². The second kappa shape index (κ2) is 10.5. The van der Waals surface area contributed by atoms with Crippen molar-refractivity contribution in [3.63, 3.8) is 0 Å². The third kappa shape index (κ3) is 4.19. The molecule has 0 unspecified atom stereocenters. The number of anilines is 6. The summed E-state index contributed by atoms with van der Waals surface area (Å²) in [5.41, 5.74) is 15.0. The first-order chi connectivity index (χ1) is 23.3. The zero-order valence-corrected chi connectivity index (χ0v) is 27.9. The Morgan fingerprint density at radius 3 is 1.73 bits per heavy atom. The largest absolute Gasteiger partial charge is 0.310 e. The highest BCUT2D eigenvalue weighted by Crippen LogP contribution is 2.60. The van der Waals surface area contributed by atoms with E-state index in [-0.39, 0.29) is 10.8 Å². The maximum absolute atomic E-state index is 2.53. The highest BCUT2D eigenvalue weighted by Gasteiger charge is 2.45. The minimum atomic E-state index is -0.157. The predicted molar refractivity (Wildman–Crippen MR) is 203 cm³/mol. The first-order valence-electron chi connectivity index (χ1n) is 16.9. The van der Waals surface area contributed by atoms with Gasteiger partial charge in [-0.3, -0.25) is 0 Å². The standard InChI is InChI=1S/C46H38N2/c1-45(2)38-17-10-11-20-42(38)48-43-28-24-34(30-41(43)46(3,4)40-19-12-18-39(45)44(40)48)32-21-25-36(26-22-32)47(35-15-6-5-7-16-35)37-27-23-31-13-8-9-14-33(31)29-37/h5-30H,1-4H3. The fourth-order valence-electron chi connectivity index (χ4n) is 8.21. The lowest BCUT2D eigenvalue weighted by atomic mass is 9.66. The van der Waals surface area contributed by atoms with Crippen LogP contribution in [0.2, 0.25) is 0 Å². The Kier molecular flexibility index (Phi) is 6.23. The van der Waals surface area contributed by atoms with Crippen LogP contribution < -0.4 is 9.80 Å². The fourth-order valence-corrected chi connectivity index (χ4v) is 8.21. The average Bonchev–Trinajstić information content (AvgIpc) is 3.12. The molecule has 2 nitrogen and oxygen atoms in total. The second-order valence-corrected chi connectivity index (χ2v) is 14.3. The molecule has 9 rings (SSSR count). The average molecular weight is 619 g/mol. The van der Waals surface area contributed by atoms with Crippen LogP contribution in [0, 0.1) is 0 Å². The summed E-state index contributed by atoms with van der Waals surface area (Å²) in [7, 11) is 0. The summed E-state index contributed by atoms with van der Waals surface area (Å²) >= 11 is 0. The van der Waals surface area contributed by atoms with E-state index in [2.05, 4.69) is 195 Å². The lowest BCUT2D eigenvalue weighted by Crippen LogP contribution is -2.38. The molecule has 2 aliphatic heterocycles. The van der Waals surface area contributed by atoms with E-state index in [0.717, 1.165) is 17.1 Å². The van der Waals surface area contributed by atoms with Crippen molar-refractivity contribution in [3.05, 3.63) is 180 Å². The number of para-hydroxylation sites is 3. The van der Waals surface area contributed by atoms with Crippen LogP contribution in [0.5, 0.6) is 0 Å². The molecule has 7 aromatic carbocycles. The molecule has 0 saturated heterocycles.